The fourth-order valence-electron chi connectivity index (χ4n) is 2.43. The number of thioether (sulfide) groups is 1. The van der Waals surface area contributed by atoms with Crippen molar-refractivity contribution in [2.45, 2.75) is 19.2 Å². The van der Waals surface area contributed by atoms with Gasteiger partial charge in [0.15, 0.2) is 0 Å². The maximum Gasteiger partial charge on any atom is 0.115 e. The van der Waals surface area contributed by atoms with Gasteiger partial charge in [-0.1, -0.05) is 29.8 Å². The van der Waals surface area contributed by atoms with Crippen LogP contribution in [-0.2, 0) is 0 Å². The van der Waals surface area contributed by atoms with Gasteiger partial charge in [0.2, 0.25) is 0 Å². The second-order valence-corrected chi connectivity index (χ2v) is 5.72. The number of aliphatic imine (C=N–C) groups is 2. The third kappa shape index (κ3) is 2.32. The summed E-state index contributed by atoms with van der Waals surface area (Å²) in [6, 6.07) is 8.69. The minimum atomic E-state index is 0.239. The summed E-state index contributed by atoms with van der Waals surface area (Å²) in [5, 5.41) is 5.68. The summed E-state index contributed by atoms with van der Waals surface area (Å²) >= 11 is 1.78. The van der Waals surface area contributed by atoms with Gasteiger partial charge in [-0.3, -0.25) is 9.98 Å². The lowest BCUT2D eigenvalue weighted by Gasteiger charge is -2.25. The number of fused-ring (bicyclic) bond motifs is 1. The Hall–Kier alpha value is -1.55. The van der Waals surface area contributed by atoms with E-state index in [4.69, 9.17) is 0 Å². The smallest absolute Gasteiger partial charge is 0.115 e. The van der Waals surface area contributed by atoms with Crippen LogP contribution in [0, 0.1) is 12.8 Å². The highest BCUT2D eigenvalue weighted by Gasteiger charge is 2.36. The molecule has 0 aromatic heterocycles. The highest BCUT2D eigenvalue weighted by atomic mass is 32.2. The molecule has 1 aromatic carbocycles. The third-order valence-corrected chi connectivity index (χ3v) is 4.46. The molecule has 0 saturated heterocycles. The zero-order chi connectivity index (χ0) is 13.2. The monoisotopic (exact) mass is 271 g/mol. The van der Waals surface area contributed by atoms with Crippen LogP contribution >= 0.6 is 11.8 Å². The largest absolute Gasteiger partial charge is 0.335 e. The lowest BCUT2D eigenvalue weighted by Crippen LogP contribution is -2.39. The van der Waals surface area contributed by atoms with Crippen LogP contribution in [-0.4, -0.2) is 24.1 Å². The number of benzene rings is 1. The van der Waals surface area contributed by atoms with Crippen molar-refractivity contribution >= 4 is 29.5 Å². The summed E-state index contributed by atoms with van der Waals surface area (Å²) in [7, 11) is 0. The van der Waals surface area contributed by atoms with Crippen LogP contribution < -0.4 is 5.32 Å². The van der Waals surface area contributed by atoms with Crippen LogP contribution in [0.15, 0.2) is 39.7 Å². The van der Waals surface area contributed by atoms with Crippen molar-refractivity contribution in [3.8, 4) is 0 Å². The van der Waals surface area contributed by atoms with E-state index in [1.54, 1.807) is 18.1 Å². The van der Waals surface area contributed by atoms with Gasteiger partial charge in [-0.25, -0.2) is 0 Å². The molecule has 2 aliphatic rings. The molecule has 2 heterocycles. The van der Waals surface area contributed by atoms with Gasteiger partial charge in [0.05, 0.1) is 12.3 Å². The molecular formula is C15H17N3S. The number of hydrogen-bond acceptors (Lipinski definition) is 3. The summed E-state index contributed by atoms with van der Waals surface area (Å²) in [6.07, 6.45) is 1.77. The lowest BCUT2D eigenvalue weighted by atomic mass is 9.91. The number of hydrogen-bond donors (Lipinski definition) is 1. The lowest BCUT2D eigenvalue weighted by molar-refractivity contribution is 0.790. The van der Waals surface area contributed by atoms with Crippen LogP contribution in [0.3, 0.4) is 0 Å². The first-order valence-electron chi connectivity index (χ1n) is 6.54. The average Bonchev–Trinajstić information content (AvgIpc) is 2.85. The molecule has 1 N–H and O–H groups in total. The molecule has 1 aromatic rings. The fraction of sp³-hybridized carbons (Fsp3) is 0.333. The summed E-state index contributed by atoms with van der Waals surface area (Å²) < 4.78 is 0. The molecule has 3 rings (SSSR count). The van der Waals surface area contributed by atoms with Gasteiger partial charge < -0.3 is 5.32 Å². The molecule has 4 heteroatoms. The topological polar surface area (TPSA) is 36.8 Å². The van der Waals surface area contributed by atoms with E-state index in [2.05, 4.69) is 58.8 Å². The van der Waals surface area contributed by atoms with Crippen molar-refractivity contribution in [1.82, 2.24) is 5.32 Å². The molecule has 3 nitrogen and oxygen atoms in total. The van der Waals surface area contributed by atoms with E-state index in [-0.39, 0.29) is 11.3 Å². The molecule has 19 heavy (non-hydrogen) atoms. The Balaban J connectivity index is 1.96. The average molecular weight is 271 g/mol. The molecule has 0 aliphatic carbocycles. The van der Waals surface area contributed by atoms with Crippen LogP contribution in [0.2, 0.25) is 0 Å². The molecule has 0 radical (unpaired) electrons. The Morgan fingerprint density at radius 2 is 2.11 bits per heavy atom. The van der Waals surface area contributed by atoms with Crippen molar-refractivity contribution in [2.75, 3.05) is 6.54 Å². The van der Waals surface area contributed by atoms with E-state index in [9.17, 15) is 0 Å². The number of nitrogens with one attached hydrogen (secondary N) is 1. The Bertz CT molecular complexity index is 557. The third-order valence-electron chi connectivity index (χ3n) is 3.40. The maximum atomic E-state index is 4.58. The van der Waals surface area contributed by atoms with Crippen LogP contribution in [0.25, 0.3) is 5.57 Å². The first-order chi connectivity index (χ1) is 9.29. The molecule has 0 spiro atoms. The van der Waals surface area contributed by atoms with Gasteiger partial charge in [0, 0.05) is 6.54 Å². The van der Waals surface area contributed by atoms with Crippen molar-refractivity contribution in [3.05, 3.63) is 40.8 Å². The second-order valence-electron chi connectivity index (χ2n) is 4.73. The molecule has 0 fully saturated rings. The van der Waals surface area contributed by atoms with E-state index in [1.165, 1.54) is 16.7 Å². The van der Waals surface area contributed by atoms with Crippen LogP contribution in [0.5, 0.6) is 0 Å². The molecule has 2 atom stereocenters. The standard InChI is InChI=1S/C15H17N3S/c1-3-16-14-13-12(8-19-15(13)18-9-17-14)11-6-4-10(2)5-7-11/h4-9,13,15H,3H2,1-2H3,(H,16,17,18)/t13-,15-/m1/s1. The van der Waals surface area contributed by atoms with Gasteiger partial charge in [-0.05, 0) is 30.4 Å². The van der Waals surface area contributed by atoms with Crippen LogP contribution in [0.4, 0.5) is 0 Å². The van der Waals surface area contributed by atoms with E-state index in [1.807, 2.05) is 0 Å². The van der Waals surface area contributed by atoms with Crippen molar-refractivity contribution in [3.63, 3.8) is 0 Å². The summed E-state index contributed by atoms with van der Waals surface area (Å²) in [6.45, 7) is 4.97. The van der Waals surface area contributed by atoms with Gasteiger partial charge in [-0.2, -0.15) is 0 Å². The Morgan fingerprint density at radius 3 is 2.84 bits per heavy atom. The SMILES string of the molecule is CCN=C1NC=N[C@@H]2SC=C(c3ccc(C)cc3)[C@H]12. The van der Waals surface area contributed by atoms with Crippen molar-refractivity contribution in [1.29, 1.82) is 0 Å². The number of rotatable bonds is 2. The molecule has 0 bridgehead atoms. The summed E-state index contributed by atoms with van der Waals surface area (Å²) in [4.78, 5) is 9.09. The Morgan fingerprint density at radius 1 is 1.32 bits per heavy atom. The summed E-state index contributed by atoms with van der Waals surface area (Å²) in [5.41, 5.74) is 3.88. The van der Waals surface area contributed by atoms with Gasteiger partial charge in [0.25, 0.3) is 0 Å². The van der Waals surface area contributed by atoms with E-state index in [0.29, 0.717) is 0 Å². The first-order valence-corrected chi connectivity index (χ1v) is 7.49. The van der Waals surface area contributed by atoms with Crippen molar-refractivity contribution in [2.24, 2.45) is 15.9 Å². The van der Waals surface area contributed by atoms with E-state index >= 15 is 0 Å². The molecular weight excluding hydrogens is 254 g/mol. The minimum Gasteiger partial charge on any atom is -0.335 e. The van der Waals surface area contributed by atoms with Crippen molar-refractivity contribution < 1.29 is 0 Å². The predicted octanol–water partition coefficient (Wildman–Crippen LogP) is 3.07. The highest BCUT2D eigenvalue weighted by Crippen LogP contribution is 2.43. The van der Waals surface area contributed by atoms with E-state index in [0.717, 1.165) is 12.4 Å². The molecule has 0 amide bonds. The summed E-state index contributed by atoms with van der Waals surface area (Å²) in [5.74, 6) is 1.30. The van der Waals surface area contributed by atoms with E-state index < -0.39 is 0 Å². The molecule has 0 saturated carbocycles. The highest BCUT2D eigenvalue weighted by molar-refractivity contribution is 8.03. The Kier molecular flexibility index (Phi) is 3.42. The molecule has 0 unspecified atom stereocenters. The maximum absolute atomic E-state index is 4.58. The van der Waals surface area contributed by atoms with Gasteiger partial charge >= 0.3 is 0 Å². The number of aryl methyl sites for hydroxylation is 1. The molecule has 98 valence electrons. The first kappa shape index (κ1) is 12.5. The minimum absolute atomic E-state index is 0.239. The van der Waals surface area contributed by atoms with Gasteiger partial charge in [-0.15, -0.1) is 11.8 Å². The van der Waals surface area contributed by atoms with Gasteiger partial charge in [0.1, 0.15) is 11.2 Å². The zero-order valence-electron chi connectivity index (χ0n) is 11.1. The fourth-order valence-corrected chi connectivity index (χ4v) is 3.56. The predicted molar refractivity (Wildman–Crippen MR) is 83.6 cm³/mol. The Labute approximate surface area is 117 Å². The molecule has 2 aliphatic heterocycles. The normalized spacial score (nSPS) is 27.1. The number of nitrogens with zero attached hydrogens (tertiary/aromatic N) is 2. The second kappa shape index (κ2) is 5.21. The zero-order valence-corrected chi connectivity index (χ0v) is 11.9. The number of amidine groups is 1. The quantitative estimate of drug-likeness (QED) is 0.897. The van der Waals surface area contributed by atoms with Crippen LogP contribution in [0.1, 0.15) is 18.1 Å².